The summed E-state index contributed by atoms with van der Waals surface area (Å²) in [6, 6.07) is 10.9. The minimum Gasteiger partial charge on any atom is -0.458 e. The summed E-state index contributed by atoms with van der Waals surface area (Å²) in [5.74, 6) is -0.934. The van der Waals surface area contributed by atoms with Gasteiger partial charge in [-0.2, -0.15) is 5.26 Å². The normalized spacial score (nSPS) is 22.7. The molecule has 1 aromatic carbocycles. The first-order valence-electron chi connectivity index (χ1n) is 8.76. The average Bonchev–Trinajstić information content (AvgIpc) is 3.30. The highest BCUT2D eigenvalue weighted by molar-refractivity contribution is 6.11. The van der Waals surface area contributed by atoms with Crippen molar-refractivity contribution in [3.63, 3.8) is 0 Å². The summed E-state index contributed by atoms with van der Waals surface area (Å²) in [6.07, 6.45) is 0.440. The smallest absolute Gasteiger partial charge is 0.232 e. The van der Waals surface area contributed by atoms with Crippen LogP contribution in [0.4, 0.5) is 5.82 Å². The molecule has 0 bridgehead atoms. The van der Waals surface area contributed by atoms with E-state index >= 15 is 0 Å². The lowest BCUT2D eigenvalue weighted by Gasteiger charge is -2.18. The van der Waals surface area contributed by atoms with Gasteiger partial charge in [-0.05, 0) is 38.1 Å². The summed E-state index contributed by atoms with van der Waals surface area (Å²) in [5, 5.41) is 9.57. The number of pyridine rings is 1. The van der Waals surface area contributed by atoms with E-state index in [0.717, 1.165) is 0 Å². The number of fused-ring (bicyclic) bond motifs is 4. The molecule has 2 aliphatic rings. The first kappa shape index (κ1) is 16.7. The second-order valence-corrected chi connectivity index (χ2v) is 7.17. The molecule has 1 fully saturated rings. The van der Waals surface area contributed by atoms with Crippen LogP contribution in [0.2, 0.25) is 0 Å². The Kier molecular flexibility index (Phi) is 3.32. The number of nitriles is 1. The highest BCUT2D eigenvalue weighted by Crippen LogP contribution is 2.37. The number of hydrogen-bond donors (Lipinski definition) is 1. The zero-order valence-corrected chi connectivity index (χ0v) is 15.2. The van der Waals surface area contributed by atoms with E-state index in [-0.39, 0.29) is 22.7 Å². The summed E-state index contributed by atoms with van der Waals surface area (Å²) >= 11 is 0. The lowest BCUT2D eigenvalue weighted by atomic mass is 10.1. The van der Waals surface area contributed by atoms with Crippen LogP contribution in [0, 0.1) is 11.3 Å². The minimum atomic E-state index is -0.776. The standard InChI is InChI=1S/C20H16N4O4/c1-20(2)27-15-8-14(26-19(15)28-20)16(25)11-7-10(9-21)18-23-12-5-3-4-6-13(12)24(18)17(11)22/h3-8,15,19H,22H2,1-2H3/t15-,19-/m1/s1. The van der Waals surface area contributed by atoms with Gasteiger partial charge in [0.25, 0.3) is 0 Å². The number of allylic oxidation sites excluding steroid dienone is 1. The number of carbonyl (C=O) groups excluding carboxylic acids is 1. The van der Waals surface area contributed by atoms with Gasteiger partial charge >= 0.3 is 0 Å². The average molecular weight is 376 g/mol. The molecule has 140 valence electrons. The fourth-order valence-corrected chi connectivity index (χ4v) is 3.66. The van der Waals surface area contributed by atoms with Crippen molar-refractivity contribution in [3.05, 3.63) is 53.3 Å². The van der Waals surface area contributed by atoms with Crippen LogP contribution >= 0.6 is 0 Å². The molecule has 2 atom stereocenters. The van der Waals surface area contributed by atoms with Crippen molar-refractivity contribution in [3.8, 4) is 6.07 Å². The van der Waals surface area contributed by atoms with Crippen molar-refractivity contribution >= 4 is 28.3 Å². The van der Waals surface area contributed by atoms with Gasteiger partial charge in [-0.3, -0.25) is 9.20 Å². The van der Waals surface area contributed by atoms with Crippen molar-refractivity contribution in [2.45, 2.75) is 32.0 Å². The van der Waals surface area contributed by atoms with Gasteiger partial charge in [0.15, 0.2) is 17.2 Å². The van der Waals surface area contributed by atoms with Crippen molar-refractivity contribution < 1.29 is 19.0 Å². The van der Waals surface area contributed by atoms with Crippen LogP contribution in [-0.2, 0) is 14.2 Å². The van der Waals surface area contributed by atoms with Crippen molar-refractivity contribution in [1.82, 2.24) is 9.38 Å². The number of ketones is 1. The Morgan fingerprint density at radius 1 is 1.32 bits per heavy atom. The molecule has 3 aromatic rings. The van der Waals surface area contributed by atoms with Crippen LogP contribution in [0.15, 0.2) is 42.2 Å². The number of Topliss-reactive ketones (excluding diaryl/α,β-unsaturated/α-hetero) is 1. The third kappa shape index (κ3) is 2.30. The van der Waals surface area contributed by atoms with Crippen molar-refractivity contribution in [1.29, 1.82) is 5.26 Å². The SMILES string of the molecule is CC1(C)O[C@H]2OC(C(=O)c3cc(C#N)c4nc5ccccc5n4c3N)=C[C@H]2O1. The lowest BCUT2D eigenvalue weighted by molar-refractivity contribution is -0.180. The summed E-state index contributed by atoms with van der Waals surface area (Å²) < 4.78 is 18.6. The summed E-state index contributed by atoms with van der Waals surface area (Å²) in [7, 11) is 0. The molecular weight excluding hydrogens is 360 g/mol. The molecular formula is C20H16N4O4. The number of hydrogen-bond acceptors (Lipinski definition) is 7. The Bertz CT molecular complexity index is 1230. The van der Waals surface area contributed by atoms with Crippen LogP contribution < -0.4 is 5.73 Å². The Labute approximate surface area is 159 Å². The van der Waals surface area contributed by atoms with Crippen LogP contribution in [0.3, 0.4) is 0 Å². The number of para-hydroxylation sites is 2. The number of ether oxygens (including phenoxy) is 3. The second-order valence-electron chi connectivity index (χ2n) is 7.17. The number of nitrogens with two attached hydrogens (primary N) is 1. The van der Waals surface area contributed by atoms with Gasteiger partial charge in [-0.1, -0.05) is 12.1 Å². The maximum atomic E-state index is 13.1. The zero-order chi connectivity index (χ0) is 19.6. The van der Waals surface area contributed by atoms with Crippen LogP contribution in [0.25, 0.3) is 16.7 Å². The molecule has 4 heterocycles. The molecule has 28 heavy (non-hydrogen) atoms. The number of aromatic nitrogens is 2. The van der Waals surface area contributed by atoms with E-state index in [1.165, 1.54) is 6.07 Å². The molecule has 8 heteroatoms. The van der Waals surface area contributed by atoms with Gasteiger partial charge < -0.3 is 19.9 Å². The zero-order valence-electron chi connectivity index (χ0n) is 15.2. The number of imidazole rings is 1. The Morgan fingerprint density at radius 3 is 2.86 bits per heavy atom. The number of carbonyl (C=O) groups is 1. The molecule has 0 amide bonds. The monoisotopic (exact) mass is 376 g/mol. The molecule has 0 spiro atoms. The quantitative estimate of drug-likeness (QED) is 0.684. The number of nitrogens with zero attached hydrogens (tertiary/aromatic N) is 3. The molecule has 1 saturated heterocycles. The molecule has 8 nitrogen and oxygen atoms in total. The Morgan fingerprint density at radius 2 is 2.11 bits per heavy atom. The van der Waals surface area contributed by atoms with Gasteiger partial charge in [0.2, 0.25) is 12.1 Å². The highest BCUT2D eigenvalue weighted by Gasteiger charge is 2.47. The van der Waals surface area contributed by atoms with E-state index in [2.05, 4.69) is 11.1 Å². The van der Waals surface area contributed by atoms with E-state index in [1.807, 2.05) is 24.3 Å². The van der Waals surface area contributed by atoms with Crippen LogP contribution in [0.1, 0.15) is 29.8 Å². The number of rotatable bonds is 2. The predicted octanol–water partition coefficient (Wildman–Crippen LogP) is 2.52. The molecule has 0 aliphatic carbocycles. The Hall–Kier alpha value is -3.41. The molecule has 0 radical (unpaired) electrons. The van der Waals surface area contributed by atoms with E-state index < -0.39 is 24.0 Å². The number of benzene rings is 1. The molecule has 2 aromatic heterocycles. The Balaban J connectivity index is 1.64. The van der Waals surface area contributed by atoms with Gasteiger partial charge in [0, 0.05) is 0 Å². The largest absolute Gasteiger partial charge is 0.458 e. The van der Waals surface area contributed by atoms with Gasteiger partial charge in [0.05, 0.1) is 22.2 Å². The first-order chi connectivity index (χ1) is 13.4. The highest BCUT2D eigenvalue weighted by atomic mass is 16.8. The maximum absolute atomic E-state index is 13.1. The van der Waals surface area contributed by atoms with E-state index in [0.29, 0.717) is 16.7 Å². The third-order valence-corrected chi connectivity index (χ3v) is 4.84. The fraction of sp³-hybridized carbons (Fsp3) is 0.250. The van der Waals surface area contributed by atoms with E-state index in [1.54, 1.807) is 24.3 Å². The summed E-state index contributed by atoms with van der Waals surface area (Å²) in [4.78, 5) is 17.6. The number of anilines is 1. The molecule has 5 rings (SSSR count). The minimum absolute atomic E-state index is 0.0878. The van der Waals surface area contributed by atoms with E-state index in [9.17, 15) is 10.1 Å². The van der Waals surface area contributed by atoms with Gasteiger partial charge in [-0.25, -0.2) is 4.98 Å². The first-order valence-corrected chi connectivity index (χ1v) is 8.76. The van der Waals surface area contributed by atoms with Crippen molar-refractivity contribution in [2.24, 2.45) is 0 Å². The second kappa shape index (κ2) is 5.55. The third-order valence-electron chi connectivity index (χ3n) is 4.84. The van der Waals surface area contributed by atoms with Gasteiger partial charge in [-0.15, -0.1) is 0 Å². The fourth-order valence-electron chi connectivity index (χ4n) is 3.66. The summed E-state index contributed by atoms with van der Waals surface area (Å²) in [6.45, 7) is 3.55. The number of nitrogen functional groups attached to an aromatic ring is 1. The van der Waals surface area contributed by atoms with Crippen LogP contribution in [0.5, 0.6) is 0 Å². The molecule has 2 aliphatic heterocycles. The van der Waals surface area contributed by atoms with Gasteiger partial charge in [0.1, 0.15) is 18.0 Å². The predicted molar refractivity (Wildman–Crippen MR) is 99.1 cm³/mol. The summed E-state index contributed by atoms with van der Waals surface area (Å²) in [5.41, 5.74) is 8.55. The molecule has 0 unspecified atom stereocenters. The lowest BCUT2D eigenvalue weighted by Crippen LogP contribution is -2.23. The van der Waals surface area contributed by atoms with Crippen LogP contribution in [-0.4, -0.2) is 33.3 Å². The van der Waals surface area contributed by atoms with Crippen molar-refractivity contribution in [2.75, 3.05) is 5.73 Å². The topological polar surface area (TPSA) is 112 Å². The van der Waals surface area contributed by atoms with E-state index in [4.69, 9.17) is 19.9 Å². The maximum Gasteiger partial charge on any atom is 0.232 e. The molecule has 2 N–H and O–H groups in total. The molecule has 0 saturated carbocycles.